The molecular weight excluding hydrogens is 553 g/mol. The Hall–Kier alpha value is -2.69. The number of sulfonamides is 1. The summed E-state index contributed by atoms with van der Waals surface area (Å²) in [6.07, 6.45) is 1.72. The second kappa shape index (κ2) is 13.4. The second-order valence-corrected chi connectivity index (χ2v) is 11.5. The Kier molecular flexibility index (Phi) is 10.5. The lowest BCUT2D eigenvalue weighted by Crippen LogP contribution is -2.49. The van der Waals surface area contributed by atoms with Crippen molar-refractivity contribution in [2.45, 2.75) is 45.7 Å². The molecule has 1 aliphatic heterocycles. The number of amides is 2. The molecule has 0 bridgehead atoms. The van der Waals surface area contributed by atoms with Crippen molar-refractivity contribution in [3.05, 3.63) is 52.0 Å². The highest BCUT2D eigenvalue weighted by Gasteiger charge is 2.30. The van der Waals surface area contributed by atoms with Crippen LogP contribution in [-0.4, -0.2) is 63.7 Å². The molecule has 12 heteroatoms. The molecule has 1 heterocycles. The van der Waals surface area contributed by atoms with Gasteiger partial charge in [-0.2, -0.15) is 0 Å². The lowest BCUT2D eigenvalue weighted by atomic mass is 10.1. The zero-order valence-corrected chi connectivity index (χ0v) is 24.0. The molecule has 0 radical (unpaired) electrons. The van der Waals surface area contributed by atoms with Crippen LogP contribution in [0.5, 0.6) is 11.5 Å². The van der Waals surface area contributed by atoms with Crippen LogP contribution in [-0.2, 0) is 26.2 Å². The van der Waals surface area contributed by atoms with E-state index in [-0.39, 0.29) is 37.7 Å². The number of carbonyl (C=O) groups is 2. The van der Waals surface area contributed by atoms with Gasteiger partial charge in [0, 0.05) is 47.7 Å². The third kappa shape index (κ3) is 7.45. The van der Waals surface area contributed by atoms with Crippen LogP contribution in [0.1, 0.15) is 38.7 Å². The Balaban J connectivity index is 1.80. The minimum atomic E-state index is -3.65. The van der Waals surface area contributed by atoms with Gasteiger partial charge in [-0.3, -0.25) is 13.9 Å². The summed E-state index contributed by atoms with van der Waals surface area (Å²) < 4.78 is 37.6. The van der Waals surface area contributed by atoms with Crippen LogP contribution in [0.4, 0.5) is 5.69 Å². The van der Waals surface area contributed by atoms with Crippen molar-refractivity contribution in [1.82, 2.24) is 10.2 Å². The Labute approximate surface area is 234 Å². The van der Waals surface area contributed by atoms with E-state index in [1.807, 2.05) is 6.92 Å². The van der Waals surface area contributed by atoms with Gasteiger partial charge < -0.3 is 19.7 Å². The SMILES string of the molecule is CCNC(=O)C(CC)N(Cc1c(Cl)cccc1Cl)C(=O)CCCN(c1ccc2c(c1)OCCO2)S(C)(=O)=O. The molecule has 2 aromatic carbocycles. The van der Waals surface area contributed by atoms with Crippen molar-refractivity contribution in [2.24, 2.45) is 0 Å². The minimum absolute atomic E-state index is 0.00848. The average molecular weight is 587 g/mol. The molecule has 0 aliphatic carbocycles. The maximum absolute atomic E-state index is 13.5. The van der Waals surface area contributed by atoms with Gasteiger partial charge in [0.05, 0.1) is 11.9 Å². The summed E-state index contributed by atoms with van der Waals surface area (Å²) in [5, 5.41) is 3.56. The molecule has 2 amide bonds. The molecule has 1 atom stereocenters. The summed E-state index contributed by atoms with van der Waals surface area (Å²) in [5.74, 6) is 0.428. The Bertz CT molecular complexity index is 1240. The lowest BCUT2D eigenvalue weighted by molar-refractivity contribution is -0.141. The van der Waals surface area contributed by atoms with Gasteiger partial charge in [-0.05, 0) is 44.0 Å². The van der Waals surface area contributed by atoms with E-state index in [1.54, 1.807) is 43.3 Å². The van der Waals surface area contributed by atoms with Crippen LogP contribution in [0.15, 0.2) is 36.4 Å². The van der Waals surface area contributed by atoms with Crippen LogP contribution in [0.3, 0.4) is 0 Å². The number of carbonyl (C=O) groups excluding carboxylic acids is 2. The molecule has 1 N–H and O–H groups in total. The number of nitrogens with zero attached hydrogens (tertiary/aromatic N) is 2. The van der Waals surface area contributed by atoms with Crippen molar-refractivity contribution in [2.75, 3.05) is 36.9 Å². The van der Waals surface area contributed by atoms with Gasteiger partial charge in [-0.15, -0.1) is 0 Å². The zero-order valence-electron chi connectivity index (χ0n) is 21.7. The molecule has 3 rings (SSSR count). The predicted molar refractivity (Wildman–Crippen MR) is 149 cm³/mol. The number of hydrogen-bond acceptors (Lipinski definition) is 6. The van der Waals surface area contributed by atoms with Gasteiger partial charge in [-0.1, -0.05) is 36.2 Å². The van der Waals surface area contributed by atoms with Gasteiger partial charge in [0.2, 0.25) is 21.8 Å². The quantitative estimate of drug-likeness (QED) is 0.399. The molecular formula is C26H33Cl2N3O6S. The maximum Gasteiger partial charge on any atom is 0.242 e. The van der Waals surface area contributed by atoms with E-state index in [0.29, 0.717) is 59.0 Å². The first-order valence-corrected chi connectivity index (χ1v) is 15.0. The number of likely N-dealkylation sites (N-methyl/N-ethyl adjacent to an activating group) is 1. The molecule has 1 unspecified atom stereocenters. The fourth-order valence-corrected chi connectivity index (χ4v) is 5.73. The summed E-state index contributed by atoms with van der Waals surface area (Å²) in [6, 6.07) is 9.25. The van der Waals surface area contributed by atoms with E-state index < -0.39 is 16.1 Å². The van der Waals surface area contributed by atoms with Gasteiger partial charge in [0.25, 0.3) is 0 Å². The van der Waals surface area contributed by atoms with E-state index >= 15 is 0 Å². The van der Waals surface area contributed by atoms with E-state index in [9.17, 15) is 18.0 Å². The highest BCUT2D eigenvalue weighted by atomic mass is 35.5. The molecule has 208 valence electrons. The molecule has 38 heavy (non-hydrogen) atoms. The van der Waals surface area contributed by atoms with Crippen LogP contribution < -0.4 is 19.1 Å². The number of rotatable bonds is 12. The maximum atomic E-state index is 13.5. The standard InChI is InChI=1S/C26H33Cl2N3O6S/c1-4-22(26(33)29-5-2)30(17-19-20(27)8-6-9-21(19)28)25(32)10-7-13-31(38(3,34)35)18-11-12-23-24(16-18)37-15-14-36-23/h6,8-9,11-12,16,22H,4-5,7,10,13-15,17H2,1-3H3,(H,29,33). The number of hydrogen-bond donors (Lipinski definition) is 1. The summed E-state index contributed by atoms with van der Waals surface area (Å²) in [4.78, 5) is 27.8. The average Bonchev–Trinajstić information content (AvgIpc) is 2.87. The predicted octanol–water partition coefficient (Wildman–Crippen LogP) is 4.25. The largest absolute Gasteiger partial charge is 0.486 e. The second-order valence-electron chi connectivity index (χ2n) is 8.81. The van der Waals surface area contributed by atoms with Gasteiger partial charge in [0.1, 0.15) is 19.3 Å². The van der Waals surface area contributed by atoms with E-state index in [4.69, 9.17) is 32.7 Å². The van der Waals surface area contributed by atoms with Crippen molar-refractivity contribution in [1.29, 1.82) is 0 Å². The number of nitrogens with one attached hydrogen (secondary N) is 1. The number of fused-ring (bicyclic) bond motifs is 1. The summed E-state index contributed by atoms with van der Waals surface area (Å²) >= 11 is 12.7. The van der Waals surface area contributed by atoms with Crippen LogP contribution in [0.25, 0.3) is 0 Å². The molecule has 0 spiro atoms. The molecule has 0 aromatic heterocycles. The van der Waals surface area contributed by atoms with Crippen LogP contribution in [0, 0.1) is 0 Å². The number of halogens is 2. The Morgan fingerprint density at radius 2 is 1.71 bits per heavy atom. The van der Waals surface area contributed by atoms with Gasteiger partial charge in [-0.25, -0.2) is 8.42 Å². The molecule has 0 fully saturated rings. The normalized spacial score (nSPS) is 13.5. The summed E-state index contributed by atoms with van der Waals surface area (Å²) in [7, 11) is -3.65. The molecule has 1 aliphatic rings. The van der Waals surface area contributed by atoms with Crippen molar-refractivity contribution in [3.63, 3.8) is 0 Å². The molecule has 0 saturated heterocycles. The fraction of sp³-hybridized carbons (Fsp3) is 0.462. The first-order valence-electron chi connectivity index (χ1n) is 12.4. The monoisotopic (exact) mass is 585 g/mol. The highest BCUT2D eigenvalue weighted by molar-refractivity contribution is 7.92. The summed E-state index contributed by atoms with van der Waals surface area (Å²) in [6.45, 7) is 4.95. The molecule has 2 aromatic rings. The van der Waals surface area contributed by atoms with E-state index in [2.05, 4.69) is 5.32 Å². The lowest BCUT2D eigenvalue weighted by Gasteiger charge is -2.31. The Morgan fingerprint density at radius 1 is 1.05 bits per heavy atom. The highest BCUT2D eigenvalue weighted by Crippen LogP contribution is 2.35. The first-order chi connectivity index (χ1) is 18.1. The van der Waals surface area contributed by atoms with Crippen LogP contribution >= 0.6 is 23.2 Å². The summed E-state index contributed by atoms with van der Waals surface area (Å²) in [5.41, 5.74) is 0.957. The number of ether oxygens (including phenoxy) is 2. The third-order valence-electron chi connectivity index (χ3n) is 6.09. The third-order valence-corrected chi connectivity index (χ3v) is 8.00. The zero-order chi connectivity index (χ0) is 27.9. The van der Waals surface area contributed by atoms with Crippen molar-refractivity contribution >= 4 is 50.7 Å². The topological polar surface area (TPSA) is 105 Å². The number of anilines is 1. The van der Waals surface area contributed by atoms with Crippen LogP contribution in [0.2, 0.25) is 10.0 Å². The first kappa shape index (κ1) is 29.9. The fourth-order valence-electron chi connectivity index (χ4n) is 4.26. The van der Waals surface area contributed by atoms with Gasteiger partial charge >= 0.3 is 0 Å². The Morgan fingerprint density at radius 3 is 2.32 bits per heavy atom. The van der Waals surface area contributed by atoms with E-state index in [0.717, 1.165) is 6.26 Å². The van der Waals surface area contributed by atoms with Crippen molar-refractivity contribution in [3.8, 4) is 11.5 Å². The smallest absolute Gasteiger partial charge is 0.242 e. The van der Waals surface area contributed by atoms with Gasteiger partial charge in [0.15, 0.2) is 11.5 Å². The molecule has 9 nitrogen and oxygen atoms in total. The van der Waals surface area contributed by atoms with Crippen molar-refractivity contribution < 1.29 is 27.5 Å². The molecule has 0 saturated carbocycles. The number of benzene rings is 2. The van der Waals surface area contributed by atoms with E-state index in [1.165, 1.54) is 9.21 Å². The minimum Gasteiger partial charge on any atom is -0.486 e.